The molecule has 2 rings (SSSR count). The lowest BCUT2D eigenvalue weighted by Crippen LogP contribution is -2.12. The van der Waals surface area contributed by atoms with E-state index in [1.54, 1.807) is 11.3 Å². The van der Waals surface area contributed by atoms with E-state index in [0.29, 0.717) is 5.82 Å². The van der Waals surface area contributed by atoms with Crippen LogP contribution in [0.4, 0.5) is 11.6 Å². The van der Waals surface area contributed by atoms with Gasteiger partial charge in [-0.1, -0.05) is 0 Å². The van der Waals surface area contributed by atoms with Gasteiger partial charge in [-0.2, -0.15) is 0 Å². The third-order valence-corrected chi connectivity index (χ3v) is 4.25. The molecule has 4 N–H and O–H groups in total. The molecule has 0 aromatic carbocycles. The van der Waals surface area contributed by atoms with E-state index in [4.69, 9.17) is 5.84 Å². The maximum absolute atomic E-state index is 5.36. The Morgan fingerprint density at radius 3 is 2.82 bits per heavy atom. The second-order valence-electron chi connectivity index (χ2n) is 3.39. The summed E-state index contributed by atoms with van der Waals surface area (Å²) in [5.74, 6) is 6.78. The number of anilines is 2. The van der Waals surface area contributed by atoms with E-state index in [0.717, 1.165) is 22.4 Å². The number of nitrogens with two attached hydrogens (primary N) is 1. The summed E-state index contributed by atoms with van der Waals surface area (Å²) in [5, 5.41) is 5.31. The van der Waals surface area contributed by atoms with Crippen molar-refractivity contribution in [3.8, 4) is 0 Å². The van der Waals surface area contributed by atoms with Gasteiger partial charge in [-0.3, -0.25) is 0 Å². The maximum Gasteiger partial charge on any atom is 0.148 e. The number of hydrogen-bond acceptors (Lipinski definition) is 6. The first-order valence-corrected chi connectivity index (χ1v) is 6.63. The summed E-state index contributed by atoms with van der Waals surface area (Å²) in [6.45, 7) is 2.64. The Morgan fingerprint density at radius 2 is 2.18 bits per heavy atom. The van der Waals surface area contributed by atoms with E-state index in [-0.39, 0.29) is 0 Å². The Kier molecular flexibility index (Phi) is 3.93. The third kappa shape index (κ3) is 2.74. The van der Waals surface area contributed by atoms with E-state index in [1.807, 2.05) is 18.4 Å². The molecule has 0 amide bonds. The highest BCUT2D eigenvalue weighted by molar-refractivity contribution is 9.10. The second-order valence-corrected chi connectivity index (χ2v) is 5.24. The largest absolute Gasteiger partial charge is 0.365 e. The van der Waals surface area contributed by atoms with E-state index in [2.05, 4.69) is 36.6 Å². The first-order valence-electron chi connectivity index (χ1n) is 4.96. The predicted molar refractivity (Wildman–Crippen MR) is 73.9 cm³/mol. The van der Waals surface area contributed by atoms with Gasteiger partial charge in [0.15, 0.2) is 0 Å². The zero-order valence-electron chi connectivity index (χ0n) is 9.20. The number of thiophene rings is 1. The van der Waals surface area contributed by atoms with E-state index < -0.39 is 0 Å². The Balaban J connectivity index is 2.12. The van der Waals surface area contributed by atoms with E-state index in [9.17, 15) is 0 Å². The van der Waals surface area contributed by atoms with Crippen LogP contribution in [0, 0.1) is 6.92 Å². The van der Waals surface area contributed by atoms with Crippen LogP contribution in [0.15, 0.2) is 22.2 Å². The van der Waals surface area contributed by atoms with Crippen molar-refractivity contribution in [2.24, 2.45) is 5.84 Å². The van der Waals surface area contributed by atoms with Crippen LogP contribution in [0.1, 0.15) is 10.4 Å². The second kappa shape index (κ2) is 5.44. The van der Waals surface area contributed by atoms with Gasteiger partial charge in [0.2, 0.25) is 0 Å². The average molecular weight is 314 g/mol. The molecule has 0 bridgehead atoms. The van der Waals surface area contributed by atoms with Crippen LogP contribution < -0.4 is 16.6 Å². The number of nitrogens with one attached hydrogen (secondary N) is 2. The van der Waals surface area contributed by atoms with Crippen LogP contribution in [-0.2, 0) is 6.54 Å². The van der Waals surface area contributed by atoms with E-state index >= 15 is 0 Å². The number of rotatable bonds is 4. The molecule has 0 saturated carbocycles. The molecule has 0 radical (unpaired) electrons. The molecule has 0 spiro atoms. The lowest BCUT2D eigenvalue weighted by molar-refractivity contribution is 1.06. The topological polar surface area (TPSA) is 75.9 Å². The lowest BCUT2D eigenvalue weighted by Gasteiger charge is -2.10. The Morgan fingerprint density at radius 1 is 1.41 bits per heavy atom. The lowest BCUT2D eigenvalue weighted by atomic mass is 10.3. The molecule has 0 aliphatic heterocycles. The zero-order chi connectivity index (χ0) is 12.3. The van der Waals surface area contributed by atoms with Gasteiger partial charge in [-0.05, 0) is 34.3 Å². The van der Waals surface area contributed by atoms with Crippen LogP contribution in [0.2, 0.25) is 0 Å². The molecule has 0 saturated heterocycles. The van der Waals surface area contributed by atoms with Gasteiger partial charge in [-0.15, -0.1) is 11.3 Å². The minimum atomic E-state index is 0.632. The molecule has 0 aliphatic rings. The first-order chi connectivity index (χ1) is 8.22. The molecule has 0 fully saturated rings. The summed E-state index contributed by atoms with van der Waals surface area (Å²) in [5.41, 5.74) is 3.45. The normalized spacial score (nSPS) is 10.3. The molecule has 2 aromatic heterocycles. The number of halogens is 1. The van der Waals surface area contributed by atoms with Gasteiger partial charge in [-0.25, -0.2) is 15.8 Å². The van der Waals surface area contributed by atoms with Crippen molar-refractivity contribution in [2.75, 3.05) is 10.7 Å². The molecule has 17 heavy (non-hydrogen) atoms. The zero-order valence-corrected chi connectivity index (χ0v) is 11.6. The molecular formula is C10H12BrN5S. The fraction of sp³-hybridized carbons (Fsp3) is 0.200. The summed E-state index contributed by atoms with van der Waals surface area (Å²) in [4.78, 5) is 9.44. The van der Waals surface area contributed by atoms with Crippen LogP contribution in [0.25, 0.3) is 0 Å². The highest BCUT2D eigenvalue weighted by Crippen LogP contribution is 2.24. The fourth-order valence-corrected chi connectivity index (χ4v) is 2.82. The maximum atomic E-state index is 5.36. The van der Waals surface area contributed by atoms with Crippen LogP contribution in [0.3, 0.4) is 0 Å². The molecule has 2 aromatic rings. The molecular weight excluding hydrogens is 302 g/mol. The van der Waals surface area contributed by atoms with Crippen LogP contribution in [0.5, 0.6) is 0 Å². The van der Waals surface area contributed by atoms with Crippen molar-refractivity contribution in [1.29, 1.82) is 0 Å². The minimum absolute atomic E-state index is 0.632. The van der Waals surface area contributed by atoms with Gasteiger partial charge >= 0.3 is 0 Å². The molecule has 0 atom stereocenters. The number of aromatic nitrogens is 2. The Labute approximate surface area is 112 Å². The summed E-state index contributed by atoms with van der Waals surface area (Å²) in [6.07, 6.45) is 1.48. The van der Waals surface area contributed by atoms with Crippen molar-refractivity contribution in [1.82, 2.24) is 9.97 Å². The van der Waals surface area contributed by atoms with E-state index in [1.165, 1.54) is 11.2 Å². The molecule has 90 valence electrons. The number of hydrogen-bond donors (Lipinski definition) is 3. The summed E-state index contributed by atoms with van der Waals surface area (Å²) in [6, 6.07) is 2.03. The molecule has 0 unspecified atom stereocenters. The SMILES string of the molecule is Cc1c(NN)ncnc1NCc1sccc1Br. The first kappa shape index (κ1) is 12.3. The molecule has 2 heterocycles. The van der Waals surface area contributed by atoms with Gasteiger partial charge < -0.3 is 10.7 Å². The summed E-state index contributed by atoms with van der Waals surface area (Å²) < 4.78 is 1.11. The fourth-order valence-electron chi connectivity index (χ4n) is 1.39. The number of nitrogen functional groups attached to an aromatic ring is 1. The van der Waals surface area contributed by atoms with Gasteiger partial charge in [0, 0.05) is 14.9 Å². The highest BCUT2D eigenvalue weighted by atomic mass is 79.9. The molecule has 0 aliphatic carbocycles. The summed E-state index contributed by atoms with van der Waals surface area (Å²) >= 11 is 5.18. The number of nitrogens with zero attached hydrogens (tertiary/aromatic N) is 2. The van der Waals surface area contributed by atoms with Gasteiger partial charge in [0.05, 0.1) is 6.54 Å². The Hall–Kier alpha value is -1.18. The molecule has 7 heteroatoms. The quantitative estimate of drug-likeness (QED) is 0.597. The average Bonchev–Trinajstić information content (AvgIpc) is 2.74. The van der Waals surface area contributed by atoms with Gasteiger partial charge in [0.25, 0.3) is 0 Å². The number of hydrazine groups is 1. The Bertz CT molecular complexity index is 513. The van der Waals surface area contributed by atoms with Crippen LogP contribution >= 0.6 is 27.3 Å². The van der Waals surface area contributed by atoms with Crippen molar-refractivity contribution >= 4 is 38.9 Å². The van der Waals surface area contributed by atoms with Gasteiger partial charge in [0.1, 0.15) is 18.0 Å². The molecule has 5 nitrogen and oxygen atoms in total. The highest BCUT2D eigenvalue weighted by Gasteiger charge is 2.07. The third-order valence-electron chi connectivity index (χ3n) is 2.33. The van der Waals surface area contributed by atoms with Crippen molar-refractivity contribution in [2.45, 2.75) is 13.5 Å². The minimum Gasteiger partial charge on any atom is -0.365 e. The smallest absolute Gasteiger partial charge is 0.148 e. The van der Waals surface area contributed by atoms with Crippen LogP contribution in [-0.4, -0.2) is 9.97 Å². The standard InChI is InChI=1S/C10H12BrN5S/c1-6-9(14-5-15-10(6)16-12)13-4-8-7(11)2-3-17-8/h2-3,5H,4,12H2,1H3,(H2,13,14,15,16). The summed E-state index contributed by atoms with van der Waals surface area (Å²) in [7, 11) is 0. The van der Waals surface area contributed by atoms with Crippen molar-refractivity contribution < 1.29 is 0 Å². The van der Waals surface area contributed by atoms with Crippen molar-refractivity contribution in [3.63, 3.8) is 0 Å². The van der Waals surface area contributed by atoms with Crippen molar-refractivity contribution in [3.05, 3.63) is 32.7 Å². The predicted octanol–water partition coefficient (Wildman–Crippen LogP) is 2.51. The monoisotopic (exact) mass is 313 g/mol.